The highest BCUT2D eigenvalue weighted by Gasteiger charge is 2.30. The van der Waals surface area contributed by atoms with Gasteiger partial charge in [0.1, 0.15) is 79.1 Å². The van der Waals surface area contributed by atoms with Gasteiger partial charge in [0.25, 0.3) is 0 Å². The molecule has 3 heterocycles. The van der Waals surface area contributed by atoms with E-state index in [-0.39, 0.29) is 39.2 Å². The largest absolute Gasteiger partial charge is 0.508 e. The zero-order chi connectivity index (χ0) is 44.9. The minimum absolute atomic E-state index is 0.0477. The SMILES string of the molecule is O=c1cc(-c2ccc(O)c(O)c2-c2c(O)cc3oc(-c4ccc(O)c(O)c4-c4c(O)cc(O)c5c(=O)cc(-c6ccc(O)c(O)c6)oc45)cc(=O)c3c2O)oc2cc(O)cc(O)c12. The highest BCUT2D eigenvalue weighted by Crippen LogP contribution is 2.54. The summed E-state index contributed by atoms with van der Waals surface area (Å²) >= 11 is 0. The third-order valence-corrected chi connectivity index (χ3v) is 10.3. The van der Waals surface area contributed by atoms with E-state index in [1.807, 2.05) is 0 Å². The predicted octanol–water partition coefficient (Wildman–Crippen LogP) is 6.81. The second-order valence-corrected chi connectivity index (χ2v) is 14.2. The molecule has 18 nitrogen and oxygen atoms in total. The maximum atomic E-state index is 14.1. The van der Waals surface area contributed by atoms with Crippen LogP contribution in [0.15, 0.2) is 113 Å². The Hall–Kier alpha value is -9.45. The number of fused-ring (bicyclic) bond motifs is 3. The normalized spacial score (nSPS) is 11.5. The lowest BCUT2D eigenvalue weighted by molar-refractivity contribution is 0.404. The van der Waals surface area contributed by atoms with E-state index in [2.05, 4.69) is 0 Å². The van der Waals surface area contributed by atoms with Crippen LogP contribution < -0.4 is 16.3 Å². The molecular weight excluding hydrogens is 828 g/mol. The van der Waals surface area contributed by atoms with Gasteiger partial charge in [0.15, 0.2) is 56.4 Å². The van der Waals surface area contributed by atoms with E-state index in [1.54, 1.807) is 0 Å². The summed E-state index contributed by atoms with van der Waals surface area (Å²) in [6.45, 7) is 0. The molecule has 314 valence electrons. The van der Waals surface area contributed by atoms with Crippen molar-refractivity contribution in [3.8, 4) is 125 Å². The summed E-state index contributed by atoms with van der Waals surface area (Å²) < 4.78 is 17.8. The molecule has 3 aromatic heterocycles. The van der Waals surface area contributed by atoms with Crippen LogP contribution in [-0.4, -0.2) is 61.3 Å². The Balaban J connectivity index is 1.27. The molecule has 0 atom stereocenters. The van der Waals surface area contributed by atoms with Gasteiger partial charge in [-0.1, -0.05) is 0 Å². The van der Waals surface area contributed by atoms with Crippen molar-refractivity contribution in [1.82, 2.24) is 0 Å². The topological polar surface area (TPSA) is 333 Å². The van der Waals surface area contributed by atoms with Gasteiger partial charge in [0.2, 0.25) is 0 Å². The van der Waals surface area contributed by atoms with Crippen LogP contribution in [0.1, 0.15) is 0 Å². The fraction of sp³-hybridized carbons (Fsp3) is 0. The van der Waals surface area contributed by atoms with E-state index in [9.17, 15) is 75.7 Å². The van der Waals surface area contributed by atoms with E-state index in [0.717, 1.165) is 78.9 Å². The van der Waals surface area contributed by atoms with Gasteiger partial charge in [0, 0.05) is 70.3 Å². The lowest BCUT2D eigenvalue weighted by Gasteiger charge is -2.18. The first kappa shape index (κ1) is 39.0. The van der Waals surface area contributed by atoms with Gasteiger partial charge in [-0.25, -0.2) is 0 Å². The quantitative estimate of drug-likeness (QED) is 0.0791. The fourth-order valence-corrected chi connectivity index (χ4v) is 7.50. The summed E-state index contributed by atoms with van der Waals surface area (Å²) in [7, 11) is 0. The molecular formula is C45H26O18. The van der Waals surface area contributed by atoms with Crippen molar-refractivity contribution in [3.05, 3.63) is 116 Å². The number of phenolic OH excluding ortho intramolecular Hbond substituents is 12. The second kappa shape index (κ2) is 13.8. The summed E-state index contributed by atoms with van der Waals surface area (Å²) in [6, 6.07) is 13.9. The number of benzene rings is 6. The van der Waals surface area contributed by atoms with Crippen LogP contribution in [-0.2, 0) is 0 Å². The molecule has 0 fully saturated rings. The predicted molar refractivity (Wildman–Crippen MR) is 222 cm³/mol. The first-order valence-electron chi connectivity index (χ1n) is 18.1. The van der Waals surface area contributed by atoms with Crippen molar-refractivity contribution in [3.63, 3.8) is 0 Å². The Morgan fingerprint density at radius 3 is 1.46 bits per heavy atom. The van der Waals surface area contributed by atoms with Crippen LogP contribution in [0, 0.1) is 0 Å². The highest BCUT2D eigenvalue weighted by atomic mass is 16.4. The van der Waals surface area contributed by atoms with Crippen molar-refractivity contribution in [2.45, 2.75) is 0 Å². The number of phenols is 12. The summed E-state index contributed by atoms with van der Waals surface area (Å²) in [4.78, 5) is 40.6. The van der Waals surface area contributed by atoms with Gasteiger partial charge in [-0.15, -0.1) is 0 Å². The zero-order valence-corrected chi connectivity index (χ0v) is 31.4. The Bertz CT molecular complexity index is 3670. The molecule has 9 aromatic rings. The maximum absolute atomic E-state index is 14.1. The number of hydrogen-bond acceptors (Lipinski definition) is 18. The molecule has 0 amide bonds. The molecule has 0 unspecified atom stereocenters. The smallest absolute Gasteiger partial charge is 0.197 e. The number of aromatic hydroxyl groups is 12. The molecule has 12 N–H and O–H groups in total. The van der Waals surface area contributed by atoms with Crippen LogP contribution in [0.2, 0.25) is 0 Å². The molecule has 0 radical (unpaired) electrons. The molecule has 0 aliphatic carbocycles. The van der Waals surface area contributed by atoms with Gasteiger partial charge >= 0.3 is 0 Å². The van der Waals surface area contributed by atoms with Gasteiger partial charge < -0.3 is 74.5 Å². The monoisotopic (exact) mass is 854 g/mol. The van der Waals surface area contributed by atoms with Crippen LogP contribution in [0.4, 0.5) is 0 Å². The Morgan fingerprint density at radius 2 is 0.841 bits per heavy atom. The molecule has 0 aliphatic rings. The summed E-state index contributed by atoms with van der Waals surface area (Å²) in [5, 5.41) is 128. The Kier molecular flexibility index (Phi) is 8.56. The van der Waals surface area contributed by atoms with E-state index < -0.39 is 135 Å². The molecule has 0 bridgehead atoms. The molecule has 0 saturated carbocycles. The third kappa shape index (κ3) is 6.00. The third-order valence-electron chi connectivity index (χ3n) is 10.3. The van der Waals surface area contributed by atoms with Crippen LogP contribution in [0.25, 0.3) is 89.1 Å². The second-order valence-electron chi connectivity index (χ2n) is 14.2. The lowest BCUT2D eigenvalue weighted by Crippen LogP contribution is -2.04. The summed E-state index contributed by atoms with van der Waals surface area (Å²) in [5.41, 5.74) is -6.83. The maximum Gasteiger partial charge on any atom is 0.197 e. The van der Waals surface area contributed by atoms with Gasteiger partial charge in [-0.05, 0) is 42.5 Å². The van der Waals surface area contributed by atoms with Crippen LogP contribution in [0.5, 0.6) is 69.0 Å². The van der Waals surface area contributed by atoms with Crippen molar-refractivity contribution in [2.24, 2.45) is 0 Å². The molecule has 0 spiro atoms. The van der Waals surface area contributed by atoms with Crippen molar-refractivity contribution in [1.29, 1.82) is 0 Å². The van der Waals surface area contributed by atoms with Crippen molar-refractivity contribution >= 4 is 32.9 Å². The van der Waals surface area contributed by atoms with Gasteiger partial charge in [-0.3, -0.25) is 14.4 Å². The zero-order valence-electron chi connectivity index (χ0n) is 31.4. The lowest BCUT2D eigenvalue weighted by atomic mass is 9.92. The highest BCUT2D eigenvalue weighted by molar-refractivity contribution is 6.06. The first-order valence-corrected chi connectivity index (χ1v) is 18.1. The summed E-state index contributed by atoms with van der Waals surface area (Å²) in [5.74, 6) is -10.2. The van der Waals surface area contributed by atoms with Crippen LogP contribution >= 0.6 is 0 Å². The Labute approximate surface area is 347 Å². The molecule has 0 aliphatic heterocycles. The van der Waals surface area contributed by atoms with E-state index >= 15 is 0 Å². The van der Waals surface area contributed by atoms with Crippen molar-refractivity contribution < 1.29 is 74.5 Å². The molecule has 18 heteroatoms. The van der Waals surface area contributed by atoms with Crippen molar-refractivity contribution in [2.75, 3.05) is 0 Å². The van der Waals surface area contributed by atoms with Gasteiger partial charge in [-0.2, -0.15) is 0 Å². The van der Waals surface area contributed by atoms with Crippen LogP contribution in [0.3, 0.4) is 0 Å². The fourth-order valence-electron chi connectivity index (χ4n) is 7.50. The average molecular weight is 855 g/mol. The summed E-state index contributed by atoms with van der Waals surface area (Å²) in [6.07, 6.45) is 0. The molecule has 0 saturated heterocycles. The van der Waals surface area contributed by atoms with Gasteiger partial charge in [0.05, 0.1) is 11.1 Å². The molecule has 63 heavy (non-hydrogen) atoms. The number of rotatable bonds is 5. The minimum Gasteiger partial charge on any atom is -0.508 e. The van der Waals surface area contributed by atoms with E-state index in [1.165, 1.54) is 6.07 Å². The molecule has 6 aromatic carbocycles. The van der Waals surface area contributed by atoms with E-state index in [0.29, 0.717) is 0 Å². The first-order chi connectivity index (χ1) is 29.9. The Morgan fingerprint density at radius 1 is 0.333 bits per heavy atom. The molecule has 9 rings (SSSR count). The van der Waals surface area contributed by atoms with E-state index in [4.69, 9.17) is 13.3 Å². The average Bonchev–Trinajstić information content (AvgIpc) is 3.21. The standard InChI is InChI=1S/C45H26O18/c46-16-8-23(51)37-26(54)12-31(61-33(37)9-16)17-2-5-20(48)42(58)35(17)40-29(57)14-34-39(44(40)60)28(56)13-32(62-34)18-3-6-21(49)43(59)36(18)41-25(53)10-24(52)38-27(55)11-30(63-45(38)41)15-1-4-19(47)22(50)7-15/h1-14,46-53,57-60H. The number of hydrogen-bond donors (Lipinski definition) is 12. The minimum atomic E-state index is -1.03.